The molecule has 0 unspecified atom stereocenters. The number of hydrogen-bond acceptors (Lipinski definition) is 3. The van der Waals surface area contributed by atoms with Gasteiger partial charge in [-0.3, -0.25) is 4.90 Å². The molecule has 1 aromatic carbocycles. The van der Waals surface area contributed by atoms with Crippen LogP contribution in [-0.2, 0) is 4.74 Å². The number of aliphatic hydroxyl groups excluding tert-OH is 1. The Hall–Kier alpha value is -1.16. The molecule has 1 aromatic rings. The summed E-state index contributed by atoms with van der Waals surface area (Å²) < 4.78 is 5.42. The summed E-state index contributed by atoms with van der Waals surface area (Å²) in [4.78, 5) is 2.45. The summed E-state index contributed by atoms with van der Waals surface area (Å²) in [7, 11) is 0. The Morgan fingerprint density at radius 3 is 2.68 bits per heavy atom. The van der Waals surface area contributed by atoms with Crippen molar-refractivity contribution in [1.82, 2.24) is 4.90 Å². The van der Waals surface area contributed by atoms with Crippen molar-refractivity contribution in [2.45, 2.75) is 31.8 Å². The van der Waals surface area contributed by atoms with Gasteiger partial charge in [-0.25, -0.2) is 0 Å². The molecule has 1 heterocycles. The lowest BCUT2D eigenvalue weighted by Gasteiger charge is -2.32. The zero-order valence-corrected chi connectivity index (χ0v) is 13.3. The predicted octanol–water partition coefficient (Wildman–Crippen LogP) is 2.95. The van der Waals surface area contributed by atoms with E-state index < -0.39 is 0 Å². The summed E-state index contributed by atoms with van der Waals surface area (Å²) >= 11 is 0. The molecular weight excluding hydrogens is 274 g/mol. The van der Waals surface area contributed by atoms with E-state index in [9.17, 15) is 5.11 Å². The number of aliphatic hydroxyl groups is 1. The fraction of sp³-hybridized carbons (Fsp3) is 0.579. The van der Waals surface area contributed by atoms with E-state index >= 15 is 0 Å². The van der Waals surface area contributed by atoms with Crippen LogP contribution in [0.5, 0.6) is 0 Å². The third-order valence-corrected chi connectivity index (χ3v) is 4.86. The van der Waals surface area contributed by atoms with Gasteiger partial charge in [0.1, 0.15) is 0 Å². The van der Waals surface area contributed by atoms with Crippen LogP contribution >= 0.6 is 0 Å². The normalized spacial score (nSPS) is 29.4. The standard InChI is InChI=1S/C19H27NO2/c21-19-17(14-16-6-2-1-3-7-16)8-4-5-9-18(19)15-20-10-12-22-13-11-20/h1-3,6-7,14,18-19,21H,4-5,8-13,15H2/b17-14+/t18-,19-/m0/s1. The van der Waals surface area contributed by atoms with Crippen LogP contribution < -0.4 is 0 Å². The van der Waals surface area contributed by atoms with Gasteiger partial charge < -0.3 is 9.84 Å². The molecule has 1 saturated carbocycles. The number of rotatable bonds is 3. The van der Waals surface area contributed by atoms with Crippen molar-refractivity contribution in [3.8, 4) is 0 Å². The van der Waals surface area contributed by atoms with Gasteiger partial charge in [0.05, 0.1) is 19.3 Å². The molecule has 3 nitrogen and oxygen atoms in total. The van der Waals surface area contributed by atoms with Crippen molar-refractivity contribution in [2.75, 3.05) is 32.8 Å². The van der Waals surface area contributed by atoms with Gasteiger partial charge in [-0.15, -0.1) is 0 Å². The molecule has 2 aliphatic rings. The second kappa shape index (κ2) is 7.91. The molecule has 0 aromatic heterocycles. The summed E-state index contributed by atoms with van der Waals surface area (Å²) in [5, 5.41) is 10.9. The molecule has 0 radical (unpaired) electrons. The molecule has 3 heteroatoms. The van der Waals surface area contributed by atoms with Crippen LogP contribution in [-0.4, -0.2) is 49.0 Å². The maximum atomic E-state index is 10.9. The Balaban J connectivity index is 1.70. The van der Waals surface area contributed by atoms with Crippen molar-refractivity contribution in [3.63, 3.8) is 0 Å². The number of ether oxygens (including phenoxy) is 1. The molecule has 0 spiro atoms. The molecule has 2 atom stereocenters. The fourth-order valence-electron chi connectivity index (χ4n) is 3.57. The van der Waals surface area contributed by atoms with Gasteiger partial charge in [-0.2, -0.15) is 0 Å². The average molecular weight is 301 g/mol. The fourth-order valence-corrected chi connectivity index (χ4v) is 3.57. The summed E-state index contributed by atoms with van der Waals surface area (Å²) in [5.41, 5.74) is 2.41. The molecule has 1 aliphatic heterocycles. The van der Waals surface area contributed by atoms with Crippen LogP contribution in [0.25, 0.3) is 6.08 Å². The first kappa shape index (κ1) is 15.7. The maximum Gasteiger partial charge on any atom is 0.0793 e. The van der Waals surface area contributed by atoms with Crippen molar-refractivity contribution < 1.29 is 9.84 Å². The Kier molecular flexibility index (Phi) is 5.65. The lowest BCUT2D eigenvalue weighted by atomic mass is 9.92. The van der Waals surface area contributed by atoms with Gasteiger partial charge in [0.15, 0.2) is 0 Å². The van der Waals surface area contributed by atoms with Crippen LogP contribution in [0.1, 0.15) is 31.2 Å². The Labute approximate surface area is 133 Å². The van der Waals surface area contributed by atoms with Gasteiger partial charge in [0, 0.05) is 25.6 Å². The van der Waals surface area contributed by atoms with Gasteiger partial charge in [-0.1, -0.05) is 42.8 Å². The molecule has 1 saturated heterocycles. The van der Waals surface area contributed by atoms with Gasteiger partial charge in [-0.05, 0) is 30.4 Å². The second-order valence-electron chi connectivity index (χ2n) is 6.49. The minimum atomic E-state index is -0.300. The average Bonchev–Trinajstić information content (AvgIpc) is 2.73. The highest BCUT2D eigenvalue weighted by Gasteiger charge is 2.27. The van der Waals surface area contributed by atoms with Crippen LogP contribution in [0.3, 0.4) is 0 Å². The first-order chi connectivity index (χ1) is 10.8. The maximum absolute atomic E-state index is 10.9. The molecule has 0 bridgehead atoms. The van der Waals surface area contributed by atoms with E-state index in [-0.39, 0.29) is 6.10 Å². The van der Waals surface area contributed by atoms with Crippen LogP contribution in [0, 0.1) is 5.92 Å². The topological polar surface area (TPSA) is 32.7 Å². The lowest BCUT2D eigenvalue weighted by molar-refractivity contribution is 0.0171. The highest BCUT2D eigenvalue weighted by atomic mass is 16.5. The largest absolute Gasteiger partial charge is 0.388 e. The number of benzene rings is 1. The molecule has 1 aliphatic carbocycles. The van der Waals surface area contributed by atoms with Gasteiger partial charge in [0.2, 0.25) is 0 Å². The van der Waals surface area contributed by atoms with E-state index in [1.807, 2.05) is 6.07 Å². The minimum absolute atomic E-state index is 0.300. The van der Waals surface area contributed by atoms with E-state index in [0.29, 0.717) is 5.92 Å². The quantitative estimate of drug-likeness (QED) is 0.871. The van der Waals surface area contributed by atoms with E-state index in [0.717, 1.165) is 45.7 Å². The van der Waals surface area contributed by atoms with Crippen molar-refractivity contribution >= 4 is 6.08 Å². The zero-order chi connectivity index (χ0) is 15.2. The van der Waals surface area contributed by atoms with Crippen LogP contribution in [0.15, 0.2) is 35.9 Å². The van der Waals surface area contributed by atoms with Crippen molar-refractivity contribution in [3.05, 3.63) is 41.5 Å². The molecule has 0 amide bonds. The molecule has 22 heavy (non-hydrogen) atoms. The SMILES string of the molecule is O[C@H]1/C(=C/c2ccccc2)CCCC[C@H]1CN1CCOCC1. The van der Waals surface area contributed by atoms with E-state index in [4.69, 9.17) is 4.74 Å². The van der Waals surface area contributed by atoms with Gasteiger partial charge >= 0.3 is 0 Å². The van der Waals surface area contributed by atoms with Crippen molar-refractivity contribution in [2.24, 2.45) is 5.92 Å². The van der Waals surface area contributed by atoms with Crippen molar-refractivity contribution in [1.29, 1.82) is 0 Å². The van der Waals surface area contributed by atoms with E-state index in [2.05, 4.69) is 35.2 Å². The molecule has 3 rings (SSSR count). The van der Waals surface area contributed by atoms with Crippen LogP contribution in [0.4, 0.5) is 0 Å². The summed E-state index contributed by atoms with van der Waals surface area (Å²) in [6.45, 7) is 4.66. The van der Waals surface area contributed by atoms with Gasteiger partial charge in [0.25, 0.3) is 0 Å². The Bertz CT molecular complexity index is 479. The smallest absolute Gasteiger partial charge is 0.0793 e. The Morgan fingerprint density at radius 2 is 1.91 bits per heavy atom. The summed E-state index contributed by atoms with van der Waals surface area (Å²) in [5.74, 6) is 0.357. The molecule has 2 fully saturated rings. The number of nitrogens with zero attached hydrogens (tertiary/aromatic N) is 1. The number of hydrogen-bond donors (Lipinski definition) is 1. The second-order valence-corrected chi connectivity index (χ2v) is 6.49. The van der Waals surface area contributed by atoms with E-state index in [1.54, 1.807) is 0 Å². The first-order valence-corrected chi connectivity index (χ1v) is 8.56. The molecule has 1 N–H and O–H groups in total. The highest BCUT2D eigenvalue weighted by Crippen LogP contribution is 2.30. The number of morpholine rings is 1. The Morgan fingerprint density at radius 1 is 1.14 bits per heavy atom. The monoisotopic (exact) mass is 301 g/mol. The minimum Gasteiger partial charge on any atom is -0.388 e. The summed E-state index contributed by atoms with van der Waals surface area (Å²) in [6.07, 6.45) is 6.46. The third kappa shape index (κ3) is 4.19. The first-order valence-electron chi connectivity index (χ1n) is 8.56. The third-order valence-electron chi connectivity index (χ3n) is 4.86. The summed E-state index contributed by atoms with van der Waals surface area (Å²) in [6, 6.07) is 10.4. The lowest BCUT2D eigenvalue weighted by Crippen LogP contribution is -2.42. The van der Waals surface area contributed by atoms with E-state index in [1.165, 1.54) is 24.0 Å². The highest BCUT2D eigenvalue weighted by molar-refractivity contribution is 5.53. The molecule has 120 valence electrons. The predicted molar refractivity (Wildman–Crippen MR) is 89.6 cm³/mol. The zero-order valence-electron chi connectivity index (χ0n) is 13.3. The molecular formula is C19H27NO2. The van der Waals surface area contributed by atoms with Crippen LogP contribution in [0.2, 0.25) is 0 Å².